The van der Waals surface area contributed by atoms with Gasteiger partial charge in [0.15, 0.2) is 6.61 Å². The topological polar surface area (TPSA) is 60.5 Å². The summed E-state index contributed by atoms with van der Waals surface area (Å²) in [5, 5.41) is 2.82. The van der Waals surface area contributed by atoms with Crippen molar-refractivity contribution < 1.29 is 14.3 Å². The first-order chi connectivity index (χ1) is 13.6. The summed E-state index contributed by atoms with van der Waals surface area (Å²) in [6.45, 7) is 4.64. The first kappa shape index (κ1) is 19.4. The molecule has 28 heavy (non-hydrogen) atoms. The van der Waals surface area contributed by atoms with Crippen LogP contribution in [0.3, 0.4) is 0 Å². The summed E-state index contributed by atoms with van der Waals surface area (Å²) in [7, 11) is 0. The average molecular weight is 376 g/mol. The Kier molecular flexibility index (Phi) is 6.63. The summed E-state index contributed by atoms with van der Waals surface area (Å²) >= 11 is 0. The lowest BCUT2D eigenvalue weighted by Gasteiger charge is -2.11. The van der Waals surface area contributed by atoms with Crippen molar-refractivity contribution in [3.8, 4) is 11.5 Å². The second kappa shape index (κ2) is 9.55. The molecule has 0 bridgehead atoms. The Balaban J connectivity index is 1.49. The first-order valence-electron chi connectivity index (χ1n) is 9.24. The number of rotatable bonds is 8. The molecule has 0 aliphatic rings. The van der Waals surface area contributed by atoms with Crippen LogP contribution in [0.25, 0.3) is 0 Å². The van der Waals surface area contributed by atoms with Gasteiger partial charge in [0.2, 0.25) is 0 Å². The SMILES string of the molecule is CC(C)c1ccc(OCC(=O)Nc2cccc(OCc3cccnc3)c2)cc1. The second-order valence-electron chi connectivity index (χ2n) is 6.74. The molecule has 0 aliphatic carbocycles. The quantitative estimate of drug-likeness (QED) is 0.613. The highest BCUT2D eigenvalue weighted by molar-refractivity contribution is 5.92. The van der Waals surface area contributed by atoms with E-state index in [0.29, 0.717) is 29.7 Å². The second-order valence-corrected chi connectivity index (χ2v) is 6.74. The minimum atomic E-state index is -0.225. The van der Waals surface area contributed by atoms with Gasteiger partial charge < -0.3 is 14.8 Å². The van der Waals surface area contributed by atoms with Crippen LogP contribution in [0.15, 0.2) is 73.1 Å². The fourth-order valence-corrected chi connectivity index (χ4v) is 2.61. The van der Waals surface area contributed by atoms with Crippen molar-refractivity contribution in [3.63, 3.8) is 0 Å². The number of aromatic nitrogens is 1. The zero-order chi connectivity index (χ0) is 19.8. The Hall–Kier alpha value is -3.34. The number of hydrogen-bond acceptors (Lipinski definition) is 4. The van der Waals surface area contributed by atoms with Crippen LogP contribution in [-0.4, -0.2) is 17.5 Å². The molecule has 1 amide bonds. The van der Waals surface area contributed by atoms with E-state index < -0.39 is 0 Å². The summed E-state index contributed by atoms with van der Waals surface area (Å²) in [6.07, 6.45) is 3.48. The zero-order valence-electron chi connectivity index (χ0n) is 16.1. The van der Waals surface area contributed by atoms with Crippen LogP contribution < -0.4 is 14.8 Å². The number of carbonyl (C=O) groups excluding carboxylic acids is 1. The normalized spacial score (nSPS) is 10.5. The summed E-state index contributed by atoms with van der Waals surface area (Å²) in [5.74, 6) is 1.59. The highest BCUT2D eigenvalue weighted by atomic mass is 16.5. The number of nitrogens with one attached hydrogen (secondary N) is 1. The maximum Gasteiger partial charge on any atom is 0.262 e. The van der Waals surface area contributed by atoms with Crippen LogP contribution in [-0.2, 0) is 11.4 Å². The van der Waals surface area contributed by atoms with Gasteiger partial charge in [-0.2, -0.15) is 0 Å². The number of carbonyl (C=O) groups is 1. The molecule has 0 spiro atoms. The molecule has 0 aliphatic heterocycles. The van der Waals surface area contributed by atoms with E-state index in [1.165, 1.54) is 5.56 Å². The lowest BCUT2D eigenvalue weighted by atomic mass is 10.0. The average Bonchev–Trinajstić information content (AvgIpc) is 2.72. The summed E-state index contributed by atoms with van der Waals surface area (Å²) in [6, 6.07) is 18.9. The van der Waals surface area contributed by atoms with Gasteiger partial charge in [-0.3, -0.25) is 9.78 Å². The number of nitrogens with zero attached hydrogens (tertiary/aromatic N) is 1. The molecule has 0 fully saturated rings. The molecule has 0 unspecified atom stereocenters. The van der Waals surface area contributed by atoms with Crippen LogP contribution in [0.1, 0.15) is 30.9 Å². The summed E-state index contributed by atoms with van der Waals surface area (Å²) < 4.78 is 11.3. The maximum absolute atomic E-state index is 12.2. The molecular weight excluding hydrogens is 352 g/mol. The molecule has 0 radical (unpaired) electrons. The maximum atomic E-state index is 12.2. The van der Waals surface area contributed by atoms with Crippen molar-refractivity contribution in [3.05, 3.63) is 84.2 Å². The van der Waals surface area contributed by atoms with Gasteiger partial charge in [-0.1, -0.05) is 38.1 Å². The van der Waals surface area contributed by atoms with Gasteiger partial charge in [0.05, 0.1) is 0 Å². The standard InChI is InChI=1S/C23H24N2O3/c1-17(2)19-8-10-21(11-9-19)28-16-23(26)25-20-6-3-7-22(13-20)27-15-18-5-4-12-24-14-18/h3-14,17H,15-16H2,1-2H3,(H,25,26). The van der Waals surface area contributed by atoms with Gasteiger partial charge in [-0.15, -0.1) is 0 Å². The van der Waals surface area contributed by atoms with Gasteiger partial charge in [-0.25, -0.2) is 0 Å². The van der Waals surface area contributed by atoms with Crippen molar-refractivity contribution in [1.29, 1.82) is 0 Å². The number of benzene rings is 2. The minimum absolute atomic E-state index is 0.0538. The van der Waals surface area contributed by atoms with E-state index in [0.717, 1.165) is 5.56 Å². The smallest absolute Gasteiger partial charge is 0.262 e. The third kappa shape index (κ3) is 5.84. The highest BCUT2D eigenvalue weighted by Gasteiger charge is 2.06. The van der Waals surface area contributed by atoms with Crippen molar-refractivity contribution in [1.82, 2.24) is 4.98 Å². The van der Waals surface area contributed by atoms with Crippen LogP contribution in [0.5, 0.6) is 11.5 Å². The Morgan fingerprint density at radius 3 is 2.54 bits per heavy atom. The number of hydrogen-bond donors (Lipinski definition) is 1. The van der Waals surface area contributed by atoms with Crippen molar-refractivity contribution in [2.75, 3.05) is 11.9 Å². The molecule has 1 heterocycles. The third-order valence-corrected chi connectivity index (χ3v) is 4.16. The molecule has 3 aromatic rings. The van der Waals surface area contributed by atoms with Crippen LogP contribution in [0.2, 0.25) is 0 Å². The molecule has 2 aromatic carbocycles. The number of pyridine rings is 1. The molecule has 0 atom stereocenters. The monoisotopic (exact) mass is 376 g/mol. The van der Waals surface area contributed by atoms with E-state index in [-0.39, 0.29) is 12.5 Å². The van der Waals surface area contributed by atoms with E-state index in [4.69, 9.17) is 9.47 Å². The number of ether oxygens (including phenoxy) is 2. The van der Waals surface area contributed by atoms with Crippen LogP contribution in [0, 0.1) is 0 Å². The fourth-order valence-electron chi connectivity index (χ4n) is 2.61. The molecule has 0 saturated carbocycles. The summed E-state index contributed by atoms with van der Waals surface area (Å²) in [5.41, 5.74) is 2.88. The Bertz CT molecular complexity index is 893. The molecule has 144 valence electrons. The van der Waals surface area contributed by atoms with Gasteiger partial charge in [0.1, 0.15) is 18.1 Å². The zero-order valence-corrected chi connectivity index (χ0v) is 16.1. The lowest BCUT2D eigenvalue weighted by Crippen LogP contribution is -2.20. The Labute approximate surface area is 165 Å². The first-order valence-corrected chi connectivity index (χ1v) is 9.24. The van der Waals surface area contributed by atoms with Crippen molar-refractivity contribution in [2.45, 2.75) is 26.4 Å². The third-order valence-electron chi connectivity index (χ3n) is 4.16. The van der Waals surface area contributed by atoms with Gasteiger partial charge in [0.25, 0.3) is 5.91 Å². The van der Waals surface area contributed by atoms with E-state index >= 15 is 0 Å². The largest absolute Gasteiger partial charge is 0.489 e. The van der Waals surface area contributed by atoms with Gasteiger partial charge >= 0.3 is 0 Å². The van der Waals surface area contributed by atoms with Crippen molar-refractivity contribution >= 4 is 11.6 Å². The van der Waals surface area contributed by atoms with E-state index in [2.05, 4.69) is 24.1 Å². The fraction of sp³-hybridized carbons (Fsp3) is 0.217. The predicted octanol–water partition coefficient (Wildman–Crippen LogP) is 4.80. The van der Waals surface area contributed by atoms with Crippen molar-refractivity contribution in [2.24, 2.45) is 0 Å². The number of amides is 1. The predicted molar refractivity (Wildman–Crippen MR) is 110 cm³/mol. The number of anilines is 1. The molecule has 3 rings (SSSR count). The molecule has 5 heteroatoms. The highest BCUT2D eigenvalue weighted by Crippen LogP contribution is 2.20. The van der Waals surface area contributed by atoms with Crippen LogP contribution in [0.4, 0.5) is 5.69 Å². The Morgan fingerprint density at radius 1 is 1.00 bits per heavy atom. The summed E-state index contributed by atoms with van der Waals surface area (Å²) in [4.78, 5) is 16.2. The van der Waals surface area contributed by atoms with E-state index in [1.54, 1.807) is 18.5 Å². The molecule has 0 saturated heterocycles. The van der Waals surface area contributed by atoms with E-state index in [9.17, 15) is 4.79 Å². The minimum Gasteiger partial charge on any atom is -0.489 e. The van der Waals surface area contributed by atoms with E-state index in [1.807, 2.05) is 54.6 Å². The molecule has 1 N–H and O–H groups in total. The molecule has 5 nitrogen and oxygen atoms in total. The van der Waals surface area contributed by atoms with Gasteiger partial charge in [-0.05, 0) is 41.8 Å². The molecular formula is C23H24N2O3. The van der Waals surface area contributed by atoms with Crippen LogP contribution >= 0.6 is 0 Å². The Morgan fingerprint density at radius 2 is 1.82 bits per heavy atom. The molecule has 1 aromatic heterocycles. The lowest BCUT2D eigenvalue weighted by molar-refractivity contribution is -0.118. The van der Waals surface area contributed by atoms with Gasteiger partial charge in [0, 0.05) is 29.7 Å².